The summed E-state index contributed by atoms with van der Waals surface area (Å²) >= 11 is 0. The normalized spacial score (nSPS) is 22.1. The molecule has 7 nitrogen and oxygen atoms in total. The van der Waals surface area contributed by atoms with Gasteiger partial charge in [0, 0.05) is 50.0 Å². The lowest BCUT2D eigenvalue weighted by atomic mass is 10.00. The van der Waals surface area contributed by atoms with Crippen molar-refractivity contribution in [3.05, 3.63) is 71.6 Å². The lowest BCUT2D eigenvalue weighted by molar-refractivity contribution is -0.137. The summed E-state index contributed by atoms with van der Waals surface area (Å²) in [5.41, 5.74) is 5.49. The Morgan fingerprint density at radius 3 is 2.51 bits per heavy atom. The minimum Gasteiger partial charge on any atom is -0.327 e. The van der Waals surface area contributed by atoms with E-state index in [9.17, 15) is 9.59 Å². The third-order valence-electron chi connectivity index (χ3n) is 8.13. The number of nitrogens with zero attached hydrogens (tertiary/aromatic N) is 5. The van der Waals surface area contributed by atoms with Crippen LogP contribution in [0.25, 0.3) is 16.6 Å². The van der Waals surface area contributed by atoms with Gasteiger partial charge in [-0.2, -0.15) is 0 Å². The van der Waals surface area contributed by atoms with Crippen LogP contribution >= 0.6 is 0 Å². The lowest BCUT2D eigenvalue weighted by Crippen LogP contribution is -2.45. The Hall–Kier alpha value is -3.42. The lowest BCUT2D eigenvalue weighted by Gasteiger charge is -2.32. The van der Waals surface area contributed by atoms with Crippen molar-refractivity contribution < 1.29 is 9.59 Å². The zero-order chi connectivity index (χ0) is 23.7. The molecule has 1 fully saturated rings. The Labute approximate surface area is 204 Å². The highest BCUT2D eigenvalue weighted by molar-refractivity contribution is 6.34. The number of carbonyl (C=O) groups excluding carboxylic acids is 2. The monoisotopic (exact) mass is 467 g/mol. The molecule has 2 amide bonds. The summed E-state index contributed by atoms with van der Waals surface area (Å²) in [6, 6.07) is 16.6. The molecular formula is C28H29N5O2. The molecule has 3 aromatic rings. The van der Waals surface area contributed by atoms with Crippen LogP contribution in [0.5, 0.6) is 0 Å². The molecule has 1 atom stereocenters. The van der Waals surface area contributed by atoms with Gasteiger partial charge in [-0.1, -0.05) is 36.4 Å². The Balaban J connectivity index is 1.26. The molecule has 0 saturated carbocycles. The van der Waals surface area contributed by atoms with Crippen molar-refractivity contribution in [2.24, 2.45) is 0 Å². The van der Waals surface area contributed by atoms with Gasteiger partial charge in [-0.15, -0.1) is 0 Å². The maximum atomic E-state index is 13.9. The Kier molecular flexibility index (Phi) is 4.66. The second-order valence-electron chi connectivity index (χ2n) is 10.1. The Bertz CT molecular complexity index is 1400. The first-order valence-corrected chi connectivity index (χ1v) is 12.6. The number of fused-ring (bicyclic) bond motifs is 6. The van der Waals surface area contributed by atoms with Crippen LogP contribution in [0.4, 0.5) is 5.69 Å². The van der Waals surface area contributed by atoms with Crippen LogP contribution in [0, 0.1) is 0 Å². The maximum Gasteiger partial charge on any atom is 0.280 e. The molecule has 2 aromatic carbocycles. The molecule has 0 N–H and O–H groups in total. The first kappa shape index (κ1) is 20.9. The molecule has 1 unspecified atom stereocenters. The van der Waals surface area contributed by atoms with E-state index in [1.54, 1.807) is 0 Å². The van der Waals surface area contributed by atoms with Gasteiger partial charge < -0.3 is 19.3 Å². The van der Waals surface area contributed by atoms with E-state index >= 15 is 0 Å². The predicted molar refractivity (Wildman–Crippen MR) is 136 cm³/mol. The number of benzene rings is 2. The number of para-hydroxylation sites is 2. The number of aromatic nitrogens is 1. The fourth-order valence-electron chi connectivity index (χ4n) is 6.30. The third kappa shape index (κ3) is 3.04. The molecule has 0 spiro atoms. The largest absolute Gasteiger partial charge is 0.327 e. The second kappa shape index (κ2) is 7.80. The van der Waals surface area contributed by atoms with Gasteiger partial charge in [0.05, 0.1) is 11.6 Å². The van der Waals surface area contributed by atoms with Gasteiger partial charge in [-0.05, 0) is 49.7 Å². The molecule has 4 aliphatic rings. The number of imide groups is 1. The van der Waals surface area contributed by atoms with Crippen molar-refractivity contribution in [2.45, 2.75) is 18.9 Å². The van der Waals surface area contributed by atoms with Crippen LogP contribution in [0.1, 0.15) is 23.6 Å². The van der Waals surface area contributed by atoms with Gasteiger partial charge in [0.1, 0.15) is 11.4 Å². The summed E-state index contributed by atoms with van der Waals surface area (Å²) in [7, 11) is 2.15. The van der Waals surface area contributed by atoms with Gasteiger partial charge in [0.25, 0.3) is 11.8 Å². The van der Waals surface area contributed by atoms with E-state index in [0.29, 0.717) is 17.9 Å². The zero-order valence-electron chi connectivity index (χ0n) is 20.0. The summed E-state index contributed by atoms with van der Waals surface area (Å²) in [4.78, 5) is 36.2. The van der Waals surface area contributed by atoms with E-state index in [-0.39, 0.29) is 17.9 Å². The van der Waals surface area contributed by atoms with Crippen LogP contribution in [0.15, 0.2) is 60.4 Å². The Morgan fingerprint density at radius 2 is 1.66 bits per heavy atom. The molecule has 35 heavy (non-hydrogen) atoms. The van der Waals surface area contributed by atoms with Gasteiger partial charge in [0.2, 0.25) is 0 Å². The Morgan fingerprint density at radius 1 is 0.857 bits per heavy atom. The standard InChI is InChI=1S/C28H29N5O2/c1-29-14-16-30(17-15-29)11-5-12-32-27(34)25-26(28(32)35)33-22-9-3-2-6-20(22)18-23(33)21-8-4-7-19-10-13-31(25)24(19)21/h2-4,6-10,13,23H,5,11-12,14-18H2,1H3. The fourth-order valence-corrected chi connectivity index (χ4v) is 6.30. The molecule has 0 aliphatic carbocycles. The molecule has 0 bridgehead atoms. The molecule has 178 valence electrons. The highest BCUT2D eigenvalue weighted by Gasteiger charge is 2.48. The zero-order valence-corrected chi connectivity index (χ0v) is 20.0. The third-order valence-corrected chi connectivity index (χ3v) is 8.13. The van der Waals surface area contributed by atoms with Crippen molar-refractivity contribution in [3.63, 3.8) is 0 Å². The SMILES string of the molecule is CN1CCN(CCCN2C(=O)C3=C(C2=O)n2ccc4cccc(c42)C2Cc4ccccc4N32)CC1. The summed E-state index contributed by atoms with van der Waals surface area (Å²) in [6.45, 7) is 5.56. The van der Waals surface area contributed by atoms with E-state index in [1.165, 1.54) is 16.0 Å². The van der Waals surface area contributed by atoms with Crippen molar-refractivity contribution in [2.75, 3.05) is 51.2 Å². The van der Waals surface area contributed by atoms with Gasteiger partial charge in [0.15, 0.2) is 0 Å². The molecule has 7 heteroatoms. The maximum absolute atomic E-state index is 13.9. The highest BCUT2D eigenvalue weighted by Crippen LogP contribution is 2.49. The van der Waals surface area contributed by atoms with Crippen LogP contribution in [-0.4, -0.2) is 77.4 Å². The second-order valence-corrected chi connectivity index (χ2v) is 10.1. The smallest absolute Gasteiger partial charge is 0.280 e. The van der Waals surface area contributed by atoms with Gasteiger partial charge in [-0.25, -0.2) is 0 Å². The van der Waals surface area contributed by atoms with Crippen LogP contribution < -0.4 is 4.90 Å². The molecule has 1 aromatic heterocycles. The molecule has 7 rings (SSSR count). The van der Waals surface area contributed by atoms with Crippen LogP contribution in [-0.2, 0) is 16.0 Å². The molecule has 5 heterocycles. The first-order chi connectivity index (χ1) is 17.1. The quantitative estimate of drug-likeness (QED) is 0.553. The number of piperazine rings is 1. The minimum absolute atomic E-state index is 0.000658. The molecule has 4 aliphatic heterocycles. The minimum atomic E-state index is -0.180. The topological polar surface area (TPSA) is 52.0 Å². The average Bonchev–Trinajstić information content (AvgIpc) is 3.50. The van der Waals surface area contributed by atoms with E-state index in [1.807, 2.05) is 16.8 Å². The van der Waals surface area contributed by atoms with Crippen LogP contribution in [0.3, 0.4) is 0 Å². The number of hydrogen-bond donors (Lipinski definition) is 0. The first-order valence-electron chi connectivity index (χ1n) is 12.6. The van der Waals surface area contributed by atoms with Crippen molar-refractivity contribution >= 4 is 34.1 Å². The van der Waals surface area contributed by atoms with Crippen molar-refractivity contribution in [3.8, 4) is 0 Å². The van der Waals surface area contributed by atoms with Gasteiger partial charge in [-0.3, -0.25) is 14.5 Å². The number of anilines is 1. The summed E-state index contributed by atoms with van der Waals surface area (Å²) < 4.78 is 1.97. The van der Waals surface area contributed by atoms with Crippen molar-refractivity contribution in [1.29, 1.82) is 0 Å². The van der Waals surface area contributed by atoms with E-state index in [0.717, 1.165) is 62.2 Å². The number of rotatable bonds is 4. The molecule has 0 radical (unpaired) electrons. The van der Waals surface area contributed by atoms with Crippen LogP contribution in [0.2, 0.25) is 0 Å². The molecule has 1 saturated heterocycles. The number of hydrogen-bond acceptors (Lipinski definition) is 5. The van der Waals surface area contributed by atoms with E-state index in [4.69, 9.17) is 0 Å². The number of carbonyl (C=O) groups is 2. The average molecular weight is 468 g/mol. The van der Waals surface area contributed by atoms with E-state index in [2.05, 4.69) is 64.2 Å². The molecular weight excluding hydrogens is 438 g/mol. The fraction of sp³-hybridized carbons (Fsp3) is 0.357. The number of likely N-dealkylation sites (N-methyl/N-ethyl adjacent to an activating group) is 1. The summed E-state index contributed by atoms with van der Waals surface area (Å²) in [6.07, 6.45) is 3.57. The van der Waals surface area contributed by atoms with Crippen molar-refractivity contribution in [1.82, 2.24) is 19.3 Å². The summed E-state index contributed by atoms with van der Waals surface area (Å²) in [5, 5.41) is 1.10. The van der Waals surface area contributed by atoms with E-state index < -0.39 is 0 Å². The highest BCUT2D eigenvalue weighted by atomic mass is 16.2. The predicted octanol–water partition coefficient (Wildman–Crippen LogP) is 2.93. The van der Waals surface area contributed by atoms with Gasteiger partial charge >= 0.3 is 0 Å². The summed E-state index contributed by atoms with van der Waals surface area (Å²) in [5.74, 6) is -0.347. The number of amides is 2.